The first-order chi connectivity index (χ1) is 13.3. The number of carbonyl (C=O) groups excluding carboxylic acids is 1. The molecule has 0 radical (unpaired) electrons. The Morgan fingerprint density at radius 2 is 1.82 bits per heavy atom. The van der Waals surface area contributed by atoms with Crippen molar-refractivity contribution in [2.45, 2.75) is 27.2 Å². The maximum Gasteiger partial charge on any atom is 0.336 e. The first kappa shape index (κ1) is 19.9. The predicted octanol–water partition coefficient (Wildman–Crippen LogP) is 3.38. The van der Waals surface area contributed by atoms with Gasteiger partial charge in [-0.15, -0.1) is 0 Å². The summed E-state index contributed by atoms with van der Waals surface area (Å²) in [6.45, 7) is 7.24. The molecule has 1 fully saturated rings. The van der Waals surface area contributed by atoms with E-state index in [1.807, 2.05) is 32.0 Å². The van der Waals surface area contributed by atoms with Gasteiger partial charge < -0.3 is 20.4 Å². The number of rotatable bonds is 5. The van der Waals surface area contributed by atoms with Crippen LogP contribution in [0.5, 0.6) is 0 Å². The van der Waals surface area contributed by atoms with Crippen LogP contribution < -0.4 is 10.2 Å². The second-order valence-electron chi connectivity index (χ2n) is 7.47. The number of nitrogens with zero attached hydrogens (tertiary/aromatic N) is 1. The van der Waals surface area contributed by atoms with Gasteiger partial charge in [0.05, 0.1) is 5.56 Å². The van der Waals surface area contributed by atoms with Crippen LogP contribution in [0.25, 0.3) is 0 Å². The molecule has 6 nitrogen and oxygen atoms in total. The molecule has 1 amide bonds. The molecule has 0 aromatic heterocycles. The molecule has 0 spiro atoms. The normalized spacial score (nSPS) is 16.3. The summed E-state index contributed by atoms with van der Waals surface area (Å²) in [4.78, 5) is 26.6. The minimum absolute atomic E-state index is 0.175. The zero-order valence-electron chi connectivity index (χ0n) is 16.5. The molecular weight excluding hydrogens is 356 g/mol. The summed E-state index contributed by atoms with van der Waals surface area (Å²) < 4.78 is 0. The van der Waals surface area contributed by atoms with Gasteiger partial charge in [-0.3, -0.25) is 4.79 Å². The molecule has 1 heterocycles. The highest BCUT2D eigenvalue weighted by atomic mass is 16.4. The highest BCUT2D eigenvalue weighted by molar-refractivity contribution is 6.07. The maximum atomic E-state index is 13.0. The summed E-state index contributed by atoms with van der Waals surface area (Å²) in [7, 11) is 0. The molecule has 1 atom stereocenters. The van der Waals surface area contributed by atoms with E-state index in [0.717, 1.165) is 36.3 Å². The number of carboxylic acids is 1. The molecule has 148 valence electrons. The Morgan fingerprint density at radius 3 is 2.46 bits per heavy atom. The zero-order chi connectivity index (χ0) is 20.4. The lowest BCUT2D eigenvalue weighted by Crippen LogP contribution is -2.22. The van der Waals surface area contributed by atoms with Crippen molar-refractivity contribution in [3.63, 3.8) is 0 Å². The van der Waals surface area contributed by atoms with E-state index in [0.29, 0.717) is 16.8 Å². The van der Waals surface area contributed by atoms with Crippen molar-refractivity contribution < 1.29 is 19.8 Å². The lowest BCUT2D eigenvalue weighted by molar-refractivity contribution is 0.0695. The number of aromatic carboxylic acids is 1. The number of carboxylic acid groups (broad SMARTS) is 1. The number of anilines is 2. The molecule has 1 unspecified atom stereocenters. The monoisotopic (exact) mass is 382 g/mol. The van der Waals surface area contributed by atoms with Gasteiger partial charge in [0.1, 0.15) is 0 Å². The second-order valence-corrected chi connectivity index (χ2v) is 7.47. The number of aryl methyl sites for hydroxylation is 2. The fourth-order valence-corrected chi connectivity index (χ4v) is 3.72. The minimum atomic E-state index is -1.02. The third-order valence-corrected chi connectivity index (χ3v) is 5.52. The van der Waals surface area contributed by atoms with Gasteiger partial charge in [0.15, 0.2) is 0 Å². The number of benzene rings is 2. The third-order valence-electron chi connectivity index (χ3n) is 5.52. The molecule has 1 aliphatic rings. The molecule has 0 bridgehead atoms. The number of nitrogens with one attached hydrogen (secondary N) is 1. The maximum absolute atomic E-state index is 13.0. The second kappa shape index (κ2) is 8.02. The van der Waals surface area contributed by atoms with Crippen LogP contribution in [0.3, 0.4) is 0 Å². The largest absolute Gasteiger partial charge is 0.478 e. The number of hydrogen-bond donors (Lipinski definition) is 3. The first-order valence-corrected chi connectivity index (χ1v) is 9.43. The summed E-state index contributed by atoms with van der Waals surface area (Å²) >= 11 is 0. The van der Waals surface area contributed by atoms with Crippen molar-refractivity contribution in [1.29, 1.82) is 0 Å². The highest BCUT2D eigenvalue weighted by Gasteiger charge is 2.23. The summed E-state index contributed by atoms with van der Waals surface area (Å²) in [6, 6.07) is 9.04. The Balaban J connectivity index is 1.88. The zero-order valence-corrected chi connectivity index (χ0v) is 16.5. The number of amides is 1. The summed E-state index contributed by atoms with van der Waals surface area (Å²) in [5.41, 5.74) is 4.44. The van der Waals surface area contributed by atoms with E-state index in [4.69, 9.17) is 0 Å². The Bertz CT molecular complexity index is 923. The van der Waals surface area contributed by atoms with Crippen LogP contribution in [0.2, 0.25) is 0 Å². The fraction of sp³-hybridized carbons (Fsp3) is 0.364. The topological polar surface area (TPSA) is 89.9 Å². The molecule has 28 heavy (non-hydrogen) atoms. The van der Waals surface area contributed by atoms with Crippen molar-refractivity contribution in [2.24, 2.45) is 5.92 Å². The Kier molecular flexibility index (Phi) is 5.70. The van der Waals surface area contributed by atoms with Gasteiger partial charge >= 0.3 is 5.97 Å². The number of hydrogen-bond acceptors (Lipinski definition) is 4. The van der Waals surface area contributed by atoms with Crippen molar-refractivity contribution in [3.05, 3.63) is 58.1 Å². The summed E-state index contributed by atoms with van der Waals surface area (Å²) in [6.07, 6.45) is 0.937. The SMILES string of the molecule is Cc1ccc(N2CCC(CO)C2)cc1C(=O)Nc1c(C)ccc(C(=O)O)c1C. The molecular formula is C22H26N2O4. The van der Waals surface area contributed by atoms with Crippen LogP contribution in [-0.4, -0.2) is 41.8 Å². The number of aliphatic hydroxyl groups excluding tert-OH is 1. The van der Waals surface area contributed by atoms with Gasteiger partial charge in [-0.25, -0.2) is 4.79 Å². The van der Waals surface area contributed by atoms with Gasteiger partial charge in [-0.2, -0.15) is 0 Å². The smallest absolute Gasteiger partial charge is 0.336 e. The molecule has 1 saturated heterocycles. The number of aliphatic hydroxyl groups is 1. The molecule has 6 heteroatoms. The molecule has 0 aliphatic carbocycles. The van der Waals surface area contributed by atoms with Crippen LogP contribution in [0.15, 0.2) is 30.3 Å². The van der Waals surface area contributed by atoms with E-state index < -0.39 is 5.97 Å². The van der Waals surface area contributed by atoms with E-state index in [9.17, 15) is 19.8 Å². The molecule has 3 rings (SSSR count). The van der Waals surface area contributed by atoms with E-state index in [1.54, 1.807) is 19.1 Å². The van der Waals surface area contributed by atoms with Crippen LogP contribution in [0, 0.1) is 26.7 Å². The highest BCUT2D eigenvalue weighted by Crippen LogP contribution is 2.28. The van der Waals surface area contributed by atoms with Gasteiger partial charge in [0, 0.05) is 42.6 Å². The molecule has 3 N–H and O–H groups in total. The lowest BCUT2D eigenvalue weighted by Gasteiger charge is -2.20. The lowest BCUT2D eigenvalue weighted by atomic mass is 10.0. The van der Waals surface area contributed by atoms with Crippen molar-refractivity contribution >= 4 is 23.3 Å². The van der Waals surface area contributed by atoms with Crippen molar-refractivity contribution in [1.82, 2.24) is 0 Å². The molecule has 0 saturated carbocycles. The van der Waals surface area contributed by atoms with E-state index in [1.165, 1.54) is 0 Å². The van der Waals surface area contributed by atoms with E-state index in [-0.39, 0.29) is 24.0 Å². The van der Waals surface area contributed by atoms with Crippen LogP contribution in [0.4, 0.5) is 11.4 Å². The minimum Gasteiger partial charge on any atom is -0.478 e. The first-order valence-electron chi connectivity index (χ1n) is 9.43. The van der Waals surface area contributed by atoms with Crippen LogP contribution >= 0.6 is 0 Å². The third kappa shape index (κ3) is 3.87. The van der Waals surface area contributed by atoms with Crippen molar-refractivity contribution in [3.8, 4) is 0 Å². The Morgan fingerprint density at radius 1 is 1.11 bits per heavy atom. The van der Waals surface area contributed by atoms with Gasteiger partial charge in [0.25, 0.3) is 5.91 Å². The van der Waals surface area contributed by atoms with E-state index >= 15 is 0 Å². The van der Waals surface area contributed by atoms with Gasteiger partial charge in [-0.05, 0) is 62.1 Å². The molecule has 2 aromatic rings. The van der Waals surface area contributed by atoms with Gasteiger partial charge in [-0.1, -0.05) is 12.1 Å². The summed E-state index contributed by atoms with van der Waals surface area (Å²) in [5, 5.41) is 21.6. The fourth-order valence-electron chi connectivity index (χ4n) is 3.72. The van der Waals surface area contributed by atoms with Crippen molar-refractivity contribution in [2.75, 3.05) is 29.9 Å². The average molecular weight is 382 g/mol. The Hall–Kier alpha value is -2.86. The van der Waals surface area contributed by atoms with Crippen LogP contribution in [0.1, 0.15) is 43.8 Å². The summed E-state index contributed by atoms with van der Waals surface area (Å²) in [5.74, 6) is -1.01. The van der Waals surface area contributed by atoms with E-state index in [2.05, 4.69) is 10.2 Å². The average Bonchev–Trinajstić information content (AvgIpc) is 3.14. The standard InChI is InChI=1S/C22H26N2O4/c1-13-4-6-17(24-9-8-16(11-24)12-25)10-19(13)21(26)23-20-14(2)5-7-18(15(20)3)22(27)28/h4-7,10,16,25H,8-9,11-12H2,1-3H3,(H,23,26)(H,27,28). The number of carbonyl (C=O) groups is 2. The molecule has 1 aliphatic heterocycles. The van der Waals surface area contributed by atoms with Gasteiger partial charge in [0.2, 0.25) is 0 Å². The Labute approximate surface area is 164 Å². The predicted molar refractivity (Wildman–Crippen MR) is 109 cm³/mol. The quantitative estimate of drug-likeness (QED) is 0.738. The molecule has 2 aromatic carbocycles. The van der Waals surface area contributed by atoms with Crippen LogP contribution in [-0.2, 0) is 0 Å².